The van der Waals surface area contributed by atoms with Gasteiger partial charge >= 0.3 is 0 Å². The first-order chi connectivity index (χ1) is 13.4. The Hall–Kier alpha value is -3.14. The number of nitrogens with zero attached hydrogens (tertiary/aromatic N) is 1. The lowest BCUT2D eigenvalue weighted by atomic mass is 9.87. The van der Waals surface area contributed by atoms with Gasteiger partial charge in [-0.15, -0.1) is 0 Å². The summed E-state index contributed by atoms with van der Waals surface area (Å²) in [4.78, 5) is 20.2. The van der Waals surface area contributed by atoms with Crippen molar-refractivity contribution in [1.29, 1.82) is 0 Å². The van der Waals surface area contributed by atoms with Crippen molar-refractivity contribution in [1.82, 2.24) is 9.97 Å². The van der Waals surface area contributed by atoms with E-state index in [0.29, 0.717) is 12.8 Å². The van der Waals surface area contributed by atoms with Crippen LogP contribution in [0.4, 0.5) is 5.69 Å². The van der Waals surface area contributed by atoms with E-state index >= 15 is 0 Å². The number of aryl methyl sites for hydroxylation is 1. The zero-order valence-corrected chi connectivity index (χ0v) is 16.5. The Balaban J connectivity index is 1.42. The van der Waals surface area contributed by atoms with Crippen LogP contribution in [0.1, 0.15) is 38.4 Å². The molecule has 0 saturated carbocycles. The molecule has 4 nitrogen and oxygen atoms in total. The molecule has 0 aliphatic heterocycles. The van der Waals surface area contributed by atoms with Gasteiger partial charge in [0.1, 0.15) is 0 Å². The van der Waals surface area contributed by atoms with Gasteiger partial charge in [0, 0.05) is 34.1 Å². The van der Waals surface area contributed by atoms with Crippen molar-refractivity contribution in [2.45, 2.75) is 39.0 Å². The first-order valence-electron chi connectivity index (χ1n) is 9.66. The van der Waals surface area contributed by atoms with Gasteiger partial charge in [0.25, 0.3) is 0 Å². The molecule has 2 aromatic heterocycles. The Morgan fingerprint density at radius 3 is 2.50 bits per heavy atom. The number of benzene rings is 2. The van der Waals surface area contributed by atoms with Crippen LogP contribution < -0.4 is 5.32 Å². The minimum absolute atomic E-state index is 0.00401. The normalized spacial score (nSPS) is 11.8. The van der Waals surface area contributed by atoms with Gasteiger partial charge in [-0.3, -0.25) is 9.78 Å². The molecule has 0 unspecified atom stereocenters. The van der Waals surface area contributed by atoms with Crippen molar-refractivity contribution < 1.29 is 4.79 Å². The molecule has 4 aromatic rings. The number of hydrogen-bond acceptors (Lipinski definition) is 2. The van der Waals surface area contributed by atoms with Crippen molar-refractivity contribution in [3.05, 3.63) is 72.1 Å². The van der Waals surface area contributed by atoms with Gasteiger partial charge in [-0.25, -0.2) is 0 Å². The molecule has 4 heteroatoms. The Kier molecular flexibility index (Phi) is 4.63. The summed E-state index contributed by atoms with van der Waals surface area (Å²) < 4.78 is 0. The second-order valence-corrected chi connectivity index (χ2v) is 8.27. The summed E-state index contributed by atoms with van der Waals surface area (Å²) in [6.45, 7) is 6.54. The SMILES string of the molecule is CC(C)(C)c1ccc(NC(=O)CCc2cc3c(cn2)[nH]c2ccccc23)cc1. The van der Waals surface area contributed by atoms with Crippen molar-refractivity contribution in [2.75, 3.05) is 5.32 Å². The predicted octanol–water partition coefficient (Wildman–Crippen LogP) is 5.58. The van der Waals surface area contributed by atoms with Crippen LogP contribution in [0.15, 0.2) is 60.8 Å². The number of carbonyl (C=O) groups excluding carboxylic acids is 1. The molecule has 0 bridgehead atoms. The van der Waals surface area contributed by atoms with Crippen molar-refractivity contribution in [3.8, 4) is 0 Å². The van der Waals surface area contributed by atoms with Crippen molar-refractivity contribution in [2.24, 2.45) is 0 Å². The summed E-state index contributed by atoms with van der Waals surface area (Å²) in [5.74, 6) is 0.00401. The number of H-pyrrole nitrogens is 1. The van der Waals surface area contributed by atoms with Gasteiger partial charge in [0.05, 0.1) is 11.7 Å². The number of hydrogen-bond donors (Lipinski definition) is 2. The van der Waals surface area contributed by atoms with Gasteiger partial charge in [0.15, 0.2) is 0 Å². The van der Waals surface area contributed by atoms with E-state index < -0.39 is 0 Å². The molecular formula is C24H25N3O. The molecule has 142 valence electrons. The predicted molar refractivity (Wildman–Crippen MR) is 116 cm³/mol. The van der Waals surface area contributed by atoms with Crippen LogP contribution in [0.5, 0.6) is 0 Å². The van der Waals surface area contributed by atoms with Crippen LogP contribution >= 0.6 is 0 Å². The Bertz CT molecular complexity index is 1130. The molecule has 0 aliphatic rings. The molecule has 1 amide bonds. The number of carbonyl (C=O) groups is 1. The molecule has 2 heterocycles. The minimum atomic E-state index is 0.00401. The fourth-order valence-electron chi connectivity index (χ4n) is 3.45. The van der Waals surface area contributed by atoms with E-state index in [-0.39, 0.29) is 11.3 Å². The highest BCUT2D eigenvalue weighted by molar-refractivity contribution is 6.07. The Morgan fingerprint density at radius 1 is 1.00 bits per heavy atom. The van der Waals surface area contributed by atoms with E-state index in [1.165, 1.54) is 10.9 Å². The third kappa shape index (κ3) is 3.77. The van der Waals surface area contributed by atoms with E-state index in [1.54, 1.807) is 0 Å². The summed E-state index contributed by atoms with van der Waals surface area (Å²) >= 11 is 0. The first kappa shape index (κ1) is 18.2. The number of para-hydroxylation sites is 1. The number of anilines is 1. The maximum absolute atomic E-state index is 12.3. The number of aromatic amines is 1. The van der Waals surface area contributed by atoms with Crippen LogP contribution in [0, 0.1) is 0 Å². The molecule has 0 saturated heterocycles. The monoisotopic (exact) mass is 371 g/mol. The standard InChI is InChI=1S/C24H25N3O/c1-24(2,3)16-8-10-17(11-9-16)26-23(28)13-12-18-14-20-19-6-4-5-7-21(19)27-22(20)15-25-18/h4-11,14-15,27H,12-13H2,1-3H3,(H,26,28). The maximum Gasteiger partial charge on any atom is 0.224 e. The highest BCUT2D eigenvalue weighted by atomic mass is 16.1. The Morgan fingerprint density at radius 2 is 1.75 bits per heavy atom. The molecule has 4 rings (SSSR count). The van der Waals surface area contributed by atoms with Crippen molar-refractivity contribution in [3.63, 3.8) is 0 Å². The number of amides is 1. The minimum Gasteiger partial charge on any atom is -0.353 e. The summed E-state index contributed by atoms with van der Waals surface area (Å²) in [6, 6.07) is 18.4. The van der Waals surface area contributed by atoms with E-state index in [4.69, 9.17) is 0 Å². The largest absolute Gasteiger partial charge is 0.353 e. The highest BCUT2D eigenvalue weighted by Gasteiger charge is 2.13. The molecule has 0 atom stereocenters. The lowest BCUT2D eigenvalue weighted by Gasteiger charge is -2.19. The third-order valence-electron chi connectivity index (χ3n) is 5.09. The van der Waals surface area contributed by atoms with Crippen LogP contribution in [0.2, 0.25) is 0 Å². The lowest BCUT2D eigenvalue weighted by Crippen LogP contribution is -2.14. The average molecular weight is 371 g/mol. The zero-order chi connectivity index (χ0) is 19.7. The van der Waals surface area contributed by atoms with Gasteiger partial charge < -0.3 is 10.3 Å². The second kappa shape index (κ2) is 7.12. The molecule has 2 N–H and O–H groups in total. The molecule has 0 spiro atoms. The average Bonchev–Trinajstić information content (AvgIpc) is 3.04. The summed E-state index contributed by atoms with van der Waals surface area (Å²) in [5, 5.41) is 5.32. The summed E-state index contributed by atoms with van der Waals surface area (Å²) in [5.41, 5.74) is 5.24. The number of nitrogens with one attached hydrogen (secondary N) is 2. The highest BCUT2D eigenvalue weighted by Crippen LogP contribution is 2.26. The Labute approximate surface area is 165 Å². The van der Waals surface area contributed by atoms with Gasteiger partial charge in [-0.1, -0.05) is 51.1 Å². The smallest absolute Gasteiger partial charge is 0.224 e. The fraction of sp³-hybridized carbons (Fsp3) is 0.250. The van der Waals surface area contributed by atoms with Gasteiger partial charge in [0.2, 0.25) is 5.91 Å². The number of pyridine rings is 1. The molecule has 0 fully saturated rings. The van der Waals surface area contributed by atoms with Crippen molar-refractivity contribution >= 4 is 33.4 Å². The molecule has 0 radical (unpaired) electrons. The van der Waals surface area contributed by atoms with Crippen LogP contribution in [0.25, 0.3) is 21.8 Å². The number of aromatic nitrogens is 2. The quantitative estimate of drug-likeness (QED) is 0.492. The van der Waals surface area contributed by atoms with Gasteiger partial charge in [-0.2, -0.15) is 0 Å². The van der Waals surface area contributed by atoms with E-state index in [9.17, 15) is 4.79 Å². The fourth-order valence-corrected chi connectivity index (χ4v) is 3.45. The maximum atomic E-state index is 12.3. The zero-order valence-electron chi connectivity index (χ0n) is 16.5. The van der Waals surface area contributed by atoms with E-state index in [0.717, 1.165) is 27.8 Å². The number of rotatable bonds is 4. The second-order valence-electron chi connectivity index (χ2n) is 8.27. The topological polar surface area (TPSA) is 57.8 Å². The first-order valence-corrected chi connectivity index (χ1v) is 9.66. The van der Waals surface area contributed by atoms with E-state index in [2.05, 4.69) is 66.4 Å². The number of fused-ring (bicyclic) bond motifs is 3. The summed E-state index contributed by atoms with van der Waals surface area (Å²) in [7, 11) is 0. The third-order valence-corrected chi connectivity index (χ3v) is 5.09. The molecule has 2 aromatic carbocycles. The lowest BCUT2D eigenvalue weighted by molar-refractivity contribution is -0.116. The van der Waals surface area contributed by atoms with Gasteiger partial charge in [-0.05, 0) is 41.7 Å². The summed E-state index contributed by atoms with van der Waals surface area (Å²) in [6.07, 6.45) is 2.87. The van der Waals surface area contributed by atoms with Crippen LogP contribution in [-0.4, -0.2) is 15.9 Å². The van der Waals surface area contributed by atoms with Crippen LogP contribution in [0.3, 0.4) is 0 Å². The van der Waals surface area contributed by atoms with Crippen LogP contribution in [-0.2, 0) is 16.6 Å². The molecular weight excluding hydrogens is 346 g/mol. The van der Waals surface area contributed by atoms with E-state index in [1.807, 2.05) is 30.5 Å². The molecule has 0 aliphatic carbocycles. The molecule has 28 heavy (non-hydrogen) atoms.